The predicted octanol–water partition coefficient (Wildman–Crippen LogP) is 1.75. The van der Waals surface area contributed by atoms with Gasteiger partial charge in [-0.2, -0.15) is 5.10 Å². The molecule has 0 aromatic carbocycles. The normalized spacial score (nSPS) is 13.4. The predicted molar refractivity (Wildman–Crippen MR) is 53.1 cm³/mol. The minimum atomic E-state index is 0.0438. The van der Waals surface area contributed by atoms with Gasteiger partial charge in [0.25, 0.3) is 0 Å². The highest BCUT2D eigenvalue weighted by atomic mass is 16.5. The first kappa shape index (κ1) is 9.15. The summed E-state index contributed by atoms with van der Waals surface area (Å²) >= 11 is 0. The van der Waals surface area contributed by atoms with Gasteiger partial charge >= 0.3 is 0 Å². The van der Waals surface area contributed by atoms with Crippen LogP contribution in [0, 0.1) is 6.92 Å². The Morgan fingerprint density at radius 2 is 2.29 bits per heavy atom. The lowest BCUT2D eigenvalue weighted by Crippen LogP contribution is -2.01. The zero-order chi connectivity index (χ0) is 10.1. The zero-order valence-corrected chi connectivity index (χ0v) is 8.56. The number of aromatic nitrogens is 3. The summed E-state index contributed by atoms with van der Waals surface area (Å²) in [7, 11) is 1.69. The Balaban J connectivity index is 2.64. The van der Waals surface area contributed by atoms with E-state index in [9.17, 15) is 0 Å². The molecule has 2 aromatic heterocycles. The quantitative estimate of drug-likeness (QED) is 0.726. The van der Waals surface area contributed by atoms with E-state index in [1.165, 1.54) is 0 Å². The summed E-state index contributed by atoms with van der Waals surface area (Å²) in [5.74, 6) is 0. The number of imidazole rings is 1. The zero-order valence-electron chi connectivity index (χ0n) is 8.56. The third-order valence-corrected chi connectivity index (χ3v) is 2.30. The second-order valence-corrected chi connectivity index (χ2v) is 3.31. The molecule has 2 heterocycles. The van der Waals surface area contributed by atoms with Gasteiger partial charge in [0.1, 0.15) is 0 Å². The van der Waals surface area contributed by atoms with Crippen molar-refractivity contribution in [2.75, 3.05) is 7.11 Å². The number of rotatable bonds is 2. The number of aryl methyl sites for hydroxylation is 1. The van der Waals surface area contributed by atoms with E-state index in [2.05, 4.69) is 10.1 Å². The lowest BCUT2D eigenvalue weighted by atomic mass is 10.2. The molecule has 1 atom stereocenters. The van der Waals surface area contributed by atoms with Gasteiger partial charge in [-0.05, 0) is 19.9 Å². The topological polar surface area (TPSA) is 39.4 Å². The van der Waals surface area contributed by atoms with Crippen molar-refractivity contribution < 1.29 is 4.74 Å². The number of ether oxygens (including phenoxy) is 1. The van der Waals surface area contributed by atoms with Gasteiger partial charge in [0.15, 0.2) is 5.65 Å². The third kappa shape index (κ3) is 1.37. The van der Waals surface area contributed by atoms with E-state index in [1.54, 1.807) is 17.8 Å². The smallest absolute Gasteiger partial charge is 0.159 e. The fourth-order valence-electron chi connectivity index (χ4n) is 1.47. The summed E-state index contributed by atoms with van der Waals surface area (Å²) in [4.78, 5) is 4.40. The van der Waals surface area contributed by atoms with E-state index in [1.807, 2.05) is 26.1 Å². The number of hydrogen-bond acceptors (Lipinski definition) is 3. The van der Waals surface area contributed by atoms with Gasteiger partial charge in [0, 0.05) is 18.9 Å². The first-order valence-electron chi connectivity index (χ1n) is 4.56. The minimum Gasteiger partial charge on any atom is -0.377 e. The second kappa shape index (κ2) is 3.38. The van der Waals surface area contributed by atoms with Gasteiger partial charge in [-0.15, -0.1) is 0 Å². The Kier molecular flexibility index (Phi) is 2.21. The Hall–Kier alpha value is -1.42. The lowest BCUT2D eigenvalue weighted by molar-refractivity contribution is 0.120. The van der Waals surface area contributed by atoms with E-state index in [0.29, 0.717) is 0 Å². The van der Waals surface area contributed by atoms with Crippen LogP contribution in [0.3, 0.4) is 0 Å². The van der Waals surface area contributed by atoms with E-state index >= 15 is 0 Å². The molecule has 4 nitrogen and oxygen atoms in total. The Morgan fingerprint density at radius 1 is 1.50 bits per heavy atom. The third-order valence-electron chi connectivity index (χ3n) is 2.30. The summed E-state index contributed by atoms with van der Waals surface area (Å²) in [5.41, 5.74) is 2.91. The van der Waals surface area contributed by atoms with Crippen molar-refractivity contribution in [3.05, 3.63) is 29.7 Å². The van der Waals surface area contributed by atoms with Gasteiger partial charge in [-0.3, -0.25) is 0 Å². The highest BCUT2D eigenvalue weighted by Gasteiger charge is 2.10. The molecule has 1 unspecified atom stereocenters. The van der Waals surface area contributed by atoms with Crippen molar-refractivity contribution in [1.82, 2.24) is 14.6 Å². The summed E-state index contributed by atoms with van der Waals surface area (Å²) < 4.78 is 7.05. The first-order chi connectivity index (χ1) is 6.72. The summed E-state index contributed by atoms with van der Waals surface area (Å²) in [5, 5.41) is 4.18. The Bertz CT molecular complexity index is 450. The molecule has 0 amide bonds. The molecule has 0 aliphatic carbocycles. The monoisotopic (exact) mass is 191 g/mol. The molecule has 0 bridgehead atoms. The highest BCUT2D eigenvalue weighted by molar-refractivity contribution is 5.48. The average Bonchev–Trinajstić information content (AvgIpc) is 2.56. The maximum absolute atomic E-state index is 5.27. The van der Waals surface area contributed by atoms with Crippen molar-refractivity contribution >= 4 is 5.65 Å². The maximum Gasteiger partial charge on any atom is 0.159 e. The van der Waals surface area contributed by atoms with E-state index in [-0.39, 0.29) is 6.10 Å². The number of fused-ring (bicyclic) bond motifs is 1. The standard InChI is InChI=1S/C10H13N3O/c1-7-6-13-10(12-7)9(4-5-11-13)8(2)14-3/h4-6,8H,1-3H3. The van der Waals surface area contributed by atoms with Crippen molar-refractivity contribution in [3.8, 4) is 0 Å². The molecular weight excluding hydrogens is 178 g/mol. The summed E-state index contributed by atoms with van der Waals surface area (Å²) in [6.45, 7) is 3.95. The van der Waals surface area contributed by atoms with Gasteiger partial charge in [0.2, 0.25) is 0 Å². The van der Waals surface area contributed by atoms with Crippen LogP contribution in [-0.2, 0) is 4.74 Å². The number of methoxy groups -OCH3 is 1. The van der Waals surface area contributed by atoms with Crippen molar-refractivity contribution in [3.63, 3.8) is 0 Å². The van der Waals surface area contributed by atoms with E-state index in [0.717, 1.165) is 16.9 Å². The molecule has 0 N–H and O–H groups in total. The maximum atomic E-state index is 5.27. The molecule has 14 heavy (non-hydrogen) atoms. The van der Waals surface area contributed by atoms with Gasteiger partial charge in [-0.1, -0.05) is 0 Å². The molecule has 2 rings (SSSR count). The van der Waals surface area contributed by atoms with Crippen molar-refractivity contribution in [2.24, 2.45) is 0 Å². The van der Waals surface area contributed by atoms with Crippen LogP contribution >= 0.6 is 0 Å². The second-order valence-electron chi connectivity index (χ2n) is 3.31. The minimum absolute atomic E-state index is 0.0438. The van der Waals surface area contributed by atoms with Crippen LogP contribution in [0.5, 0.6) is 0 Å². The largest absolute Gasteiger partial charge is 0.377 e. The molecule has 0 saturated heterocycles. The van der Waals surface area contributed by atoms with Crippen LogP contribution in [0.25, 0.3) is 5.65 Å². The molecule has 2 aromatic rings. The molecule has 0 spiro atoms. The van der Waals surface area contributed by atoms with Crippen LogP contribution < -0.4 is 0 Å². The SMILES string of the molecule is COC(C)c1ccnn2cc(C)nc12. The molecule has 0 saturated carbocycles. The summed E-state index contributed by atoms with van der Waals surface area (Å²) in [6, 6.07) is 1.94. The van der Waals surface area contributed by atoms with Crippen LogP contribution in [0.1, 0.15) is 24.3 Å². The molecule has 74 valence electrons. The number of hydrogen-bond donors (Lipinski definition) is 0. The van der Waals surface area contributed by atoms with Crippen molar-refractivity contribution in [2.45, 2.75) is 20.0 Å². The molecular formula is C10H13N3O. The fourth-order valence-corrected chi connectivity index (χ4v) is 1.47. The Labute approximate surface area is 82.5 Å². The first-order valence-corrected chi connectivity index (χ1v) is 4.56. The summed E-state index contributed by atoms with van der Waals surface area (Å²) in [6.07, 6.45) is 3.71. The molecule has 0 fully saturated rings. The van der Waals surface area contributed by atoms with Gasteiger partial charge < -0.3 is 4.74 Å². The highest BCUT2D eigenvalue weighted by Crippen LogP contribution is 2.19. The van der Waals surface area contributed by atoms with Gasteiger partial charge in [0.05, 0.1) is 18.0 Å². The van der Waals surface area contributed by atoms with Crippen LogP contribution in [-0.4, -0.2) is 21.7 Å². The molecule has 0 aliphatic rings. The Morgan fingerprint density at radius 3 is 3.00 bits per heavy atom. The lowest BCUT2D eigenvalue weighted by Gasteiger charge is -2.09. The average molecular weight is 191 g/mol. The van der Waals surface area contributed by atoms with Gasteiger partial charge in [-0.25, -0.2) is 9.50 Å². The van der Waals surface area contributed by atoms with Crippen LogP contribution in [0.15, 0.2) is 18.5 Å². The molecule has 4 heteroatoms. The van der Waals surface area contributed by atoms with Crippen LogP contribution in [0.4, 0.5) is 0 Å². The van der Waals surface area contributed by atoms with Crippen LogP contribution in [0.2, 0.25) is 0 Å². The molecule has 0 aliphatic heterocycles. The fraction of sp³-hybridized carbons (Fsp3) is 0.400. The van der Waals surface area contributed by atoms with E-state index < -0.39 is 0 Å². The number of nitrogens with zero attached hydrogens (tertiary/aromatic N) is 3. The molecule has 0 radical (unpaired) electrons. The van der Waals surface area contributed by atoms with Crippen molar-refractivity contribution in [1.29, 1.82) is 0 Å². The van der Waals surface area contributed by atoms with E-state index in [4.69, 9.17) is 4.74 Å².